The van der Waals surface area contributed by atoms with Crippen LogP contribution in [0.15, 0.2) is 53.7 Å². The van der Waals surface area contributed by atoms with Gasteiger partial charge in [0, 0.05) is 18.7 Å². The number of ether oxygens (including phenoxy) is 1. The predicted molar refractivity (Wildman–Crippen MR) is 84.0 cm³/mol. The molecule has 2 aromatic rings. The van der Waals surface area contributed by atoms with Gasteiger partial charge in [-0.2, -0.15) is 0 Å². The largest absolute Gasteiger partial charge is 0.497 e. The number of carbonyl (C=O) groups excluding carboxylic acids is 2. The van der Waals surface area contributed by atoms with E-state index in [2.05, 4.69) is 4.98 Å². The molecule has 1 aliphatic heterocycles. The normalized spacial score (nSPS) is 17.9. The van der Waals surface area contributed by atoms with Gasteiger partial charge in [0.05, 0.1) is 23.1 Å². The third-order valence-corrected chi connectivity index (χ3v) is 4.45. The van der Waals surface area contributed by atoms with E-state index in [1.807, 2.05) is 18.2 Å². The fourth-order valence-corrected chi connectivity index (χ4v) is 3.28. The molecule has 1 atom stereocenters. The summed E-state index contributed by atoms with van der Waals surface area (Å²) in [7, 11) is 1.55. The molecule has 0 bridgehead atoms. The molecule has 0 radical (unpaired) electrons. The maximum Gasteiger partial charge on any atom is 0.247 e. The number of rotatable bonds is 4. The number of amides is 2. The molecule has 5 nitrogen and oxygen atoms in total. The minimum absolute atomic E-state index is 0.178. The van der Waals surface area contributed by atoms with E-state index in [1.165, 1.54) is 16.7 Å². The van der Waals surface area contributed by atoms with Crippen molar-refractivity contribution in [1.82, 2.24) is 4.98 Å². The van der Waals surface area contributed by atoms with Crippen LogP contribution in [0.3, 0.4) is 0 Å². The number of benzene rings is 1. The van der Waals surface area contributed by atoms with Gasteiger partial charge in [-0.05, 0) is 24.3 Å². The number of pyridine rings is 1. The number of anilines is 1. The Balaban J connectivity index is 1.82. The van der Waals surface area contributed by atoms with Crippen LogP contribution in [0.1, 0.15) is 6.42 Å². The van der Waals surface area contributed by atoms with Crippen molar-refractivity contribution in [1.29, 1.82) is 0 Å². The van der Waals surface area contributed by atoms with Gasteiger partial charge in [0.1, 0.15) is 5.75 Å². The highest BCUT2D eigenvalue weighted by Gasteiger charge is 2.40. The molecule has 0 unspecified atom stereocenters. The first-order valence-electron chi connectivity index (χ1n) is 6.77. The standard InChI is InChI=1S/C16H14N2O3S/c1-21-12-6-4-5-11(9-12)18-15(19)10-13(16(18)20)22-14-7-2-3-8-17-14/h2-9,13H,10H2,1H3/t13-/m0/s1. The smallest absolute Gasteiger partial charge is 0.247 e. The summed E-state index contributed by atoms with van der Waals surface area (Å²) >= 11 is 1.32. The summed E-state index contributed by atoms with van der Waals surface area (Å²) in [5.41, 5.74) is 0.540. The lowest BCUT2D eigenvalue weighted by Crippen LogP contribution is -2.31. The van der Waals surface area contributed by atoms with Crippen LogP contribution in [0.5, 0.6) is 5.75 Å². The van der Waals surface area contributed by atoms with Crippen molar-refractivity contribution >= 4 is 29.3 Å². The summed E-state index contributed by atoms with van der Waals surface area (Å²) in [4.78, 5) is 30.2. The predicted octanol–water partition coefficient (Wildman–Crippen LogP) is 2.51. The van der Waals surface area contributed by atoms with Crippen LogP contribution in [0.2, 0.25) is 0 Å². The van der Waals surface area contributed by atoms with Crippen molar-refractivity contribution in [3.8, 4) is 5.75 Å². The lowest BCUT2D eigenvalue weighted by atomic mass is 10.3. The molecule has 1 aromatic carbocycles. The van der Waals surface area contributed by atoms with Gasteiger partial charge < -0.3 is 4.74 Å². The van der Waals surface area contributed by atoms with Gasteiger partial charge in [-0.15, -0.1) is 0 Å². The van der Waals surface area contributed by atoms with E-state index in [4.69, 9.17) is 4.74 Å². The zero-order valence-corrected chi connectivity index (χ0v) is 12.7. The second kappa shape index (κ2) is 6.19. The highest BCUT2D eigenvalue weighted by Crippen LogP contribution is 2.33. The van der Waals surface area contributed by atoms with Crippen molar-refractivity contribution in [2.75, 3.05) is 12.0 Å². The molecule has 1 fully saturated rings. The Morgan fingerprint density at radius 2 is 2.09 bits per heavy atom. The fraction of sp³-hybridized carbons (Fsp3) is 0.188. The molecule has 0 spiro atoms. The Labute approximate surface area is 132 Å². The average Bonchev–Trinajstić information content (AvgIpc) is 2.82. The summed E-state index contributed by atoms with van der Waals surface area (Å²) in [5, 5.41) is 0.301. The van der Waals surface area contributed by atoms with E-state index in [1.54, 1.807) is 37.6 Å². The highest BCUT2D eigenvalue weighted by atomic mass is 32.2. The minimum atomic E-state index is -0.436. The maximum atomic E-state index is 12.5. The number of methoxy groups -OCH3 is 1. The molecule has 2 heterocycles. The third kappa shape index (κ3) is 2.82. The molecule has 0 saturated carbocycles. The van der Waals surface area contributed by atoms with Crippen molar-refractivity contribution in [2.45, 2.75) is 16.7 Å². The monoisotopic (exact) mass is 314 g/mol. The summed E-state index contributed by atoms with van der Waals surface area (Å²) in [5.74, 6) is 0.194. The van der Waals surface area contributed by atoms with Crippen molar-refractivity contribution in [2.24, 2.45) is 0 Å². The van der Waals surface area contributed by atoms with Gasteiger partial charge in [-0.3, -0.25) is 9.59 Å². The number of aromatic nitrogens is 1. The van der Waals surface area contributed by atoms with Crippen LogP contribution in [0.25, 0.3) is 0 Å². The molecule has 0 aliphatic carbocycles. The van der Waals surface area contributed by atoms with Gasteiger partial charge >= 0.3 is 0 Å². The SMILES string of the molecule is COc1cccc(N2C(=O)C[C@H](Sc3ccccn3)C2=O)c1. The first-order chi connectivity index (χ1) is 10.7. The summed E-state index contributed by atoms with van der Waals surface area (Å²) in [6.45, 7) is 0. The maximum absolute atomic E-state index is 12.5. The van der Waals surface area contributed by atoms with E-state index in [0.717, 1.165) is 5.03 Å². The van der Waals surface area contributed by atoms with Gasteiger partial charge in [0.2, 0.25) is 11.8 Å². The molecule has 1 aliphatic rings. The van der Waals surface area contributed by atoms with Crippen LogP contribution in [0.4, 0.5) is 5.69 Å². The first-order valence-corrected chi connectivity index (χ1v) is 7.65. The molecule has 112 valence electrons. The van der Waals surface area contributed by atoms with Crippen LogP contribution in [-0.4, -0.2) is 29.2 Å². The number of imide groups is 1. The van der Waals surface area contributed by atoms with E-state index in [9.17, 15) is 9.59 Å². The van der Waals surface area contributed by atoms with Gasteiger partial charge in [0.15, 0.2) is 0 Å². The molecule has 22 heavy (non-hydrogen) atoms. The zero-order chi connectivity index (χ0) is 15.5. The number of thioether (sulfide) groups is 1. The molecular weight excluding hydrogens is 300 g/mol. The Kier molecular flexibility index (Phi) is 4.11. The van der Waals surface area contributed by atoms with Crippen LogP contribution in [-0.2, 0) is 9.59 Å². The van der Waals surface area contributed by atoms with E-state index < -0.39 is 5.25 Å². The topological polar surface area (TPSA) is 59.5 Å². The lowest BCUT2D eigenvalue weighted by Gasteiger charge is -2.15. The van der Waals surface area contributed by atoms with Gasteiger partial charge in [-0.25, -0.2) is 9.88 Å². The molecule has 6 heteroatoms. The van der Waals surface area contributed by atoms with Crippen LogP contribution >= 0.6 is 11.8 Å². The van der Waals surface area contributed by atoms with Gasteiger partial charge in [-0.1, -0.05) is 23.9 Å². The summed E-state index contributed by atoms with van der Waals surface area (Å²) < 4.78 is 5.14. The Morgan fingerprint density at radius 1 is 1.23 bits per heavy atom. The summed E-state index contributed by atoms with van der Waals surface area (Å²) in [6, 6.07) is 12.4. The Hall–Kier alpha value is -2.34. The highest BCUT2D eigenvalue weighted by molar-refractivity contribution is 8.00. The minimum Gasteiger partial charge on any atom is -0.497 e. The van der Waals surface area contributed by atoms with Crippen molar-refractivity contribution < 1.29 is 14.3 Å². The van der Waals surface area contributed by atoms with Gasteiger partial charge in [0.25, 0.3) is 0 Å². The molecule has 2 amide bonds. The molecule has 1 aromatic heterocycles. The Morgan fingerprint density at radius 3 is 2.82 bits per heavy atom. The third-order valence-electron chi connectivity index (χ3n) is 3.32. The van der Waals surface area contributed by atoms with Crippen molar-refractivity contribution in [3.05, 3.63) is 48.7 Å². The summed E-state index contributed by atoms with van der Waals surface area (Å²) in [6.07, 6.45) is 1.85. The van der Waals surface area contributed by atoms with E-state index in [0.29, 0.717) is 11.4 Å². The molecular formula is C16H14N2O3S. The second-order valence-electron chi connectivity index (χ2n) is 4.75. The number of carbonyl (C=O) groups is 2. The van der Waals surface area contributed by atoms with Crippen LogP contribution in [0, 0.1) is 0 Å². The quantitative estimate of drug-likeness (QED) is 0.812. The Bertz CT molecular complexity index is 706. The number of nitrogens with zero attached hydrogens (tertiary/aromatic N) is 2. The zero-order valence-electron chi connectivity index (χ0n) is 11.9. The number of hydrogen-bond donors (Lipinski definition) is 0. The molecule has 0 N–H and O–H groups in total. The lowest BCUT2D eigenvalue weighted by molar-refractivity contribution is -0.121. The fourth-order valence-electron chi connectivity index (χ4n) is 2.28. The first kappa shape index (κ1) is 14.6. The second-order valence-corrected chi connectivity index (χ2v) is 5.97. The van der Waals surface area contributed by atoms with E-state index >= 15 is 0 Å². The number of hydrogen-bond acceptors (Lipinski definition) is 5. The van der Waals surface area contributed by atoms with E-state index in [-0.39, 0.29) is 18.2 Å². The van der Waals surface area contributed by atoms with Crippen molar-refractivity contribution in [3.63, 3.8) is 0 Å². The van der Waals surface area contributed by atoms with Crippen LogP contribution < -0.4 is 9.64 Å². The average molecular weight is 314 g/mol. The molecule has 1 saturated heterocycles. The molecule has 3 rings (SSSR count).